The number of hydrogen-bond donors (Lipinski definition) is 5. The van der Waals surface area contributed by atoms with Gasteiger partial charge >= 0.3 is 11.9 Å². The highest BCUT2D eigenvalue weighted by Gasteiger charge is 2.67. The first-order chi connectivity index (χ1) is 27.7. The Hall–Kier alpha value is -1.88. The van der Waals surface area contributed by atoms with Crippen LogP contribution in [0.4, 0.5) is 0 Å². The van der Waals surface area contributed by atoms with Gasteiger partial charge in [-0.25, -0.2) is 0 Å². The molecule has 8 saturated carbocycles. The molecule has 8 aliphatic carbocycles. The predicted octanol–water partition coefficient (Wildman–Crippen LogP) is 9.31. The molecule has 10 heteroatoms. The summed E-state index contributed by atoms with van der Waals surface area (Å²) in [7, 11) is 1.43. The highest BCUT2D eigenvalue weighted by Crippen LogP contribution is 2.69. The molecule has 0 saturated heterocycles. The van der Waals surface area contributed by atoms with E-state index in [0.717, 1.165) is 70.6 Å². The van der Waals surface area contributed by atoms with Crippen molar-refractivity contribution in [3.63, 3.8) is 0 Å². The van der Waals surface area contributed by atoms with Gasteiger partial charge < -0.3 is 30.3 Å². The zero-order valence-electron chi connectivity index (χ0n) is 37.2. The fraction of sp³-hybridized carbons (Fsp3) is 0.923. The smallest absolute Gasteiger partial charge is 0.305 e. The third kappa shape index (κ3) is 8.64. The summed E-state index contributed by atoms with van der Waals surface area (Å²) in [4.78, 5) is 49.5. The molecule has 5 N–H and O–H groups in total. The van der Waals surface area contributed by atoms with Gasteiger partial charge in [0, 0.05) is 48.3 Å². The molecule has 10 nitrogen and oxygen atoms in total. The topological polar surface area (TPSA) is 179 Å². The van der Waals surface area contributed by atoms with Crippen molar-refractivity contribution in [1.82, 2.24) is 0 Å². The number of hydrogen-bond acceptors (Lipinski definition) is 9. The Kier molecular flexibility index (Phi) is 16.6. The Morgan fingerprint density at radius 3 is 1.37 bits per heavy atom. The number of carbonyl (C=O) groups excluding carboxylic acids is 3. The van der Waals surface area contributed by atoms with Crippen LogP contribution in [0.2, 0.25) is 0 Å². The number of aliphatic carboxylic acids is 1. The Balaban J connectivity index is 0.000000260. The lowest BCUT2D eigenvalue weighted by Gasteiger charge is -2.61. The Labute approximate surface area is 375 Å². The van der Waals surface area contributed by atoms with Gasteiger partial charge in [0.05, 0.1) is 31.5 Å². The number of ether oxygens (including phenoxy) is 1. The van der Waals surface area contributed by atoms with Gasteiger partial charge in [-0.3, -0.25) is 19.2 Å². The monoisotopic (exact) mass is 875 g/mol. The van der Waals surface area contributed by atoms with Crippen LogP contribution in [0.1, 0.15) is 179 Å². The van der Waals surface area contributed by atoms with Crippen molar-refractivity contribution in [3.05, 3.63) is 0 Å². The second kappa shape index (κ2) is 19.5. The van der Waals surface area contributed by atoms with Crippen molar-refractivity contribution in [2.45, 2.75) is 204 Å². The molecule has 0 amide bonds. The average Bonchev–Trinajstić information content (AvgIpc) is 3.73. The van der Waals surface area contributed by atoms with Crippen LogP contribution >= 0.6 is 0 Å². The molecule has 0 bridgehead atoms. The van der Waals surface area contributed by atoms with Crippen LogP contribution in [-0.4, -0.2) is 80.6 Å². The largest absolute Gasteiger partial charge is 0.481 e. The minimum absolute atomic E-state index is 0. The normalized spacial score (nSPS) is 47.3. The molecule has 0 aromatic carbocycles. The third-order valence-corrected chi connectivity index (χ3v) is 20.5. The molecule has 4 unspecified atom stereocenters. The van der Waals surface area contributed by atoms with E-state index in [0.29, 0.717) is 61.9 Å². The first-order valence-corrected chi connectivity index (χ1v) is 23.8. The maximum absolute atomic E-state index is 13.4. The van der Waals surface area contributed by atoms with E-state index in [1.54, 1.807) is 0 Å². The number of Topliss-reactive ketones (excluding diaryl/α,β-unsaturated/α-hetero) is 2. The summed E-state index contributed by atoms with van der Waals surface area (Å²) >= 11 is 0. The second-order valence-corrected chi connectivity index (χ2v) is 22.7. The Bertz CT molecular complexity index is 1600. The van der Waals surface area contributed by atoms with Gasteiger partial charge in [-0.1, -0.05) is 63.8 Å². The molecule has 8 rings (SSSR count). The highest BCUT2D eigenvalue weighted by molar-refractivity contribution is 5.84. The van der Waals surface area contributed by atoms with Gasteiger partial charge in [-0.2, -0.15) is 0 Å². The van der Waals surface area contributed by atoms with Crippen LogP contribution in [0.3, 0.4) is 0 Å². The Morgan fingerprint density at radius 2 is 1.00 bits per heavy atom. The molecule has 0 spiro atoms. The van der Waals surface area contributed by atoms with E-state index in [4.69, 9.17) is 9.84 Å². The molecule has 8 fully saturated rings. The molecule has 0 aliphatic heterocycles. The molecule has 20 atom stereocenters. The summed E-state index contributed by atoms with van der Waals surface area (Å²) in [6.45, 7) is 13.4. The fourth-order valence-electron chi connectivity index (χ4n) is 16.9. The molecular weight excluding hydrogens is 785 g/mol. The van der Waals surface area contributed by atoms with Crippen LogP contribution in [0, 0.1) is 92.7 Å². The number of esters is 1. The van der Waals surface area contributed by atoms with Crippen molar-refractivity contribution < 1.29 is 49.4 Å². The summed E-state index contributed by atoms with van der Waals surface area (Å²) in [6.07, 6.45) is 12.1. The van der Waals surface area contributed by atoms with E-state index in [1.165, 1.54) is 7.11 Å². The third-order valence-electron chi connectivity index (χ3n) is 20.5. The lowest BCUT2D eigenvalue weighted by molar-refractivity contribution is -0.182. The number of ketones is 2. The van der Waals surface area contributed by atoms with Gasteiger partial charge in [0.25, 0.3) is 0 Å². The van der Waals surface area contributed by atoms with Gasteiger partial charge in [-0.15, -0.1) is 0 Å². The minimum atomic E-state index is -0.762. The van der Waals surface area contributed by atoms with Crippen molar-refractivity contribution in [1.29, 1.82) is 0 Å². The number of carboxylic acid groups (broad SMARTS) is 1. The van der Waals surface area contributed by atoms with Crippen molar-refractivity contribution in [2.75, 3.05) is 7.11 Å². The molecule has 358 valence electrons. The van der Waals surface area contributed by atoms with Crippen molar-refractivity contribution in [3.8, 4) is 0 Å². The first kappa shape index (κ1) is 52.7. The SMILES string of the molecule is C.C.C.COC(=O)CC[C@@H](C)[C@H]1CCC2[C@@H]3C(=O)C[C@@H]4C[C@H](O)CC[C@]4(C)C3C[C@H](O)[C@@]21C.C[C@H](CCC(=O)O)[C@H]1CCC2[C@@H]3C(=O)C[C@@H]4C[C@H](O)CC[C@]4(C)C3C[C@H](O)[C@@]21C. The average molecular weight is 875 g/mol. The second-order valence-electron chi connectivity index (χ2n) is 22.7. The van der Waals surface area contributed by atoms with Gasteiger partial charge in [0.1, 0.15) is 11.6 Å². The number of aliphatic hydroxyl groups excluding tert-OH is 4. The van der Waals surface area contributed by atoms with Crippen LogP contribution in [0.15, 0.2) is 0 Å². The van der Waals surface area contributed by atoms with Crippen LogP contribution in [-0.2, 0) is 23.9 Å². The molecule has 0 aromatic rings. The molecule has 0 aromatic heterocycles. The van der Waals surface area contributed by atoms with E-state index in [9.17, 15) is 39.6 Å². The summed E-state index contributed by atoms with van der Waals surface area (Å²) in [5.41, 5.74) is -0.475. The van der Waals surface area contributed by atoms with E-state index < -0.39 is 18.2 Å². The quantitative estimate of drug-likeness (QED) is 0.148. The van der Waals surface area contributed by atoms with Gasteiger partial charge in [0.2, 0.25) is 0 Å². The van der Waals surface area contributed by atoms with Crippen LogP contribution in [0.25, 0.3) is 0 Å². The molecule has 62 heavy (non-hydrogen) atoms. The number of rotatable bonds is 8. The number of methoxy groups -OCH3 is 1. The van der Waals surface area contributed by atoms with Crippen molar-refractivity contribution in [2.24, 2.45) is 92.7 Å². The standard InChI is InChI=1S/C25H40O5.C24H38O5.3CH4/c1-14(5-8-22(29)30-4)17-6-7-18-23-19(13-21(28)25(17,18)3)24(2)10-9-16(26)11-15(24)12-20(23)27;1-13(4-7-21(28)29)16-5-6-17-22-18(12-20(27)24(16,17)3)23(2)9-8-15(25)10-14(23)11-19(22)26;;;/h14-19,21,23,26,28H,5-13H2,1-4H3;13-18,20,22,25,27H,4-12H2,1-3H3,(H,28,29);3*1H4/t14-,15+,16-,17-,18?,19?,21+,23+,24+,25-;13-,14+,15-,16-,17?,18?,20+,22+,23+,24-;;;/m11.../s1. The predicted molar refractivity (Wildman–Crippen MR) is 243 cm³/mol. The van der Waals surface area contributed by atoms with Gasteiger partial charge in [0.15, 0.2) is 0 Å². The zero-order valence-corrected chi connectivity index (χ0v) is 37.2. The lowest BCUT2D eigenvalue weighted by atomic mass is 9.43. The number of fused-ring (bicyclic) bond motifs is 10. The molecular formula is C52H90O10. The molecule has 0 heterocycles. The number of carboxylic acids is 1. The fourth-order valence-corrected chi connectivity index (χ4v) is 16.9. The van der Waals surface area contributed by atoms with Crippen LogP contribution in [0.5, 0.6) is 0 Å². The van der Waals surface area contributed by atoms with E-state index in [-0.39, 0.29) is 128 Å². The minimum Gasteiger partial charge on any atom is -0.481 e. The summed E-state index contributed by atoms with van der Waals surface area (Å²) in [5, 5.41) is 52.4. The summed E-state index contributed by atoms with van der Waals surface area (Å²) in [6, 6.07) is 0. The maximum Gasteiger partial charge on any atom is 0.305 e. The van der Waals surface area contributed by atoms with E-state index in [2.05, 4.69) is 41.5 Å². The molecule has 0 radical (unpaired) electrons. The van der Waals surface area contributed by atoms with E-state index in [1.807, 2.05) is 0 Å². The summed E-state index contributed by atoms with van der Waals surface area (Å²) in [5.74, 6) is 2.38. The lowest BCUT2D eigenvalue weighted by Crippen LogP contribution is -2.61. The molecule has 8 aliphatic rings. The van der Waals surface area contributed by atoms with Crippen molar-refractivity contribution >= 4 is 23.5 Å². The Morgan fingerprint density at radius 1 is 0.613 bits per heavy atom. The van der Waals surface area contributed by atoms with Gasteiger partial charge in [-0.05, 0) is 160 Å². The number of carbonyl (C=O) groups is 4. The van der Waals surface area contributed by atoms with Crippen LogP contribution < -0.4 is 0 Å². The number of aliphatic hydroxyl groups is 4. The summed E-state index contributed by atoms with van der Waals surface area (Å²) < 4.78 is 4.82. The maximum atomic E-state index is 13.4. The highest BCUT2D eigenvalue weighted by atomic mass is 16.5. The van der Waals surface area contributed by atoms with E-state index >= 15 is 0 Å². The first-order valence-electron chi connectivity index (χ1n) is 23.8. The zero-order chi connectivity index (χ0) is 43.0.